The predicted molar refractivity (Wildman–Crippen MR) is 115 cm³/mol. The number of hydrogen-bond donors (Lipinski definition) is 1. The summed E-state index contributed by atoms with van der Waals surface area (Å²) >= 11 is 1.56. The number of thiazole rings is 1. The van der Waals surface area contributed by atoms with Gasteiger partial charge in [0.2, 0.25) is 0 Å². The van der Waals surface area contributed by atoms with Gasteiger partial charge in [0.05, 0.1) is 6.54 Å². The number of aromatic nitrogens is 2. The van der Waals surface area contributed by atoms with Crippen LogP contribution < -0.4 is 5.32 Å². The van der Waals surface area contributed by atoms with Gasteiger partial charge in [-0.1, -0.05) is 36.4 Å². The second kappa shape index (κ2) is 9.73. The largest absolute Gasteiger partial charge is 0.347 e. The summed E-state index contributed by atoms with van der Waals surface area (Å²) in [5.41, 5.74) is 2.84. The summed E-state index contributed by atoms with van der Waals surface area (Å²) in [5, 5.41) is 5.75. The molecule has 0 spiro atoms. The third-order valence-corrected chi connectivity index (χ3v) is 5.87. The lowest BCUT2D eigenvalue weighted by Crippen LogP contribution is -2.45. The molecule has 0 aliphatic carbocycles. The van der Waals surface area contributed by atoms with Gasteiger partial charge in [-0.25, -0.2) is 4.98 Å². The van der Waals surface area contributed by atoms with Gasteiger partial charge in [-0.15, -0.1) is 11.3 Å². The van der Waals surface area contributed by atoms with E-state index in [1.54, 1.807) is 23.7 Å². The molecule has 0 bridgehead atoms. The van der Waals surface area contributed by atoms with Gasteiger partial charge in [0, 0.05) is 57.0 Å². The molecular weight excluding hydrogens is 382 g/mol. The van der Waals surface area contributed by atoms with E-state index in [1.807, 2.05) is 17.5 Å². The highest BCUT2D eigenvalue weighted by Gasteiger charge is 2.19. The smallest absolute Gasteiger partial charge is 0.271 e. The van der Waals surface area contributed by atoms with Crippen molar-refractivity contribution in [1.82, 2.24) is 25.1 Å². The van der Waals surface area contributed by atoms with Gasteiger partial charge in [0.1, 0.15) is 10.7 Å². The van der Waals surface area contributed by atoms with Crippen LogP contribution >= 0.6 is 11.3 Å². The van der Waals surface area contributed by atoms with E-state index in [9.17, 15) is 4.79 Å². The van der Waals surface area contributed by atoms with Crippen LogP contribution in [0.4, 0.5) is 0 Å². The minimum Gasteiger partial charge on any atom is -0.347 e. The lowest BCUT2D eigenvalue weighted by molar-refractivity contribution is 0.0945. The van der Waals surface area contributed by atoms with Crippen LogP contribution in [0.25, 0.3) is 0 Å². The topological polar surface area (TPSA) is 61.4 Å². The van der Waals surface area contributed by atoms with Crippen LogP contribution in [0.2, 0.25) is 0 Å². The molecule has 29 heavy (non-hydrogen) atoms. The zero-order chi connectivity index (χ0) is 19.9. The third kappa shape index (κ3) is 5.69. The minimum absolute atomic E-state index is 0.135. The molecule has 0 atom stereocenters. The van der Waals surface area contributed by atoms with Crippen molar-refractivity contribution in [2.75, 3.05) is 26.2 Å². The first-order valence-corrected chi connectivity index (χ1v) is 10.7. The van der Waals surface area contributed by atoms with Crippen molar-refractivity contribution in [3.05, 3.63) is 82.1 Å². The average molecular weight is 408 g/mol. The Morgan fingerprint density at radius 2 is 1.69 bits per heavy atom. The molecule has 0 radical (unpaired) electrons. The molecule has 0 saturated carbocycles. The Morgan fingerprint density at radius 3 is 2.41 bits per heavy atom. The fourth-order valence-electron chi connectivity index (χ4n) is 3.40. The highest BCUT2D eigenvalue weighted by molar-refractivity contribution is 7.09. The number of pyridine rings is 1. The fraction of sp³-hybridized carbons (Fsp3) is 0.318. The van der Waals surface area contributed by atoms with Gasteiger partial charge in [0.25, 0.3) is 5.91 Å². The van der Waals surface area contributed by atoms with Crippen LogP contribution in [0.15, 0.2) is 60.2 Å². The van der Waals surface area contributed by atoms with Gasteiger partial charge < -0.3 is 5.32 Å². The Morgan fingerprint density at radius 1 is 0.966 bits per heavy atom. The second-order valence-corrected chi connectivity index (χ2v) is 8.15. The summed E-state index contributed by atoms with van der Waals surface area (Å²) in [6, 6.07) is 14.4. The number of benzene rings is 1. The highest BCUT2D eigenvalue weighted by atomic mass is 32.1. The first-order valence-electron chi connectivity index (χ1n) is 9.86. The van der Waals surface area contributed by atoms with E-state index in [0.717, 1.165) is 49.8 Å². The maximum atomic E-state index is 12.3. The molecule has 1 aliphatic rings. The number of amides is 1. The molecule has 1 amide bonds. The van der Waals surface area contributed by atoms with Crippen molar-refractivity contribution in [2.45, 2.75) is 19.6 Å². The summed E-state index contributed by atoms with van der Waals surface area (Å²) in [4.78, 5) is 25.8. The Kier molecular flexibility index (Phi) is 6.61. The average Bonchev–Trinajstić information content (AvgIpc) is 3.23. The Labute approximate surface area is 175 Å². The quantitative estimate of drug-likeness (QED) is 0.653. The van der Waals surface area contributed by atoms with Crippen LogP contribution in [0.5, 0.6) is 0 Å². The molecule has 1 aliphatic heterocycles. The zero-order valence-corrected chi connectivity index (χ0v) is 17.1. The molecule has 7 heteroatoms. The van der Waals surface area contributed by atoms with Crippen molar-refractivity contribution in [3.63, 3.8) is 0 Å². The number of carbonyl (C=O) groups is 1. The number of nitrogens with one attached hydrogen (secondary N) is 1. The third-order valence-electron chi connectivity index (χ3n) is 5.03. The van der Waals surface area contributed by atoms with E-state index >= 15 is 0 Å². The van der Waals surface area contributed by atoms with E-state index < -0.39 is 0 Å². The van der Waals surface area contributed by atoms with Gasteiger partial charge >= 0.3 is 0 Å². The molecule has 3 heterocycles. The Hall–Kier alpha value is -2.61. The van der Waals surface area contributed by atoms with E-state index in [1.165, 1.54) is 5.56 Å². The van der Waals surface area contributed by atoms with Crippen molar-refractivity contribution in [3.8, 4) is 0 Å². The van der Waals surface area contributed by atoms with Crippen LogP contribution in [0, 0.1) is 0 Å². The maximum absolute atomic E-state index is 12.3. The number of carbonyl (C=O) groups excluding carboxylic acids is 1. The van der Waals surface area contributed by atoms with Crippen molar-refractivity contribution >= 4 is 17.2 Å². The molecule has 150 valence electrons. The summed E-state index contributed by atoms with van der Waals surface area (Å²) in [6.07, 6.45) is 3.48. The molecule has 6 nitrogen and oxygen atoms in total. The molecule has 4 rings (SSSR count). The molecule has 1 N–H and O–H groups in total. The van der Waals surface area contributed by atoms with Crippen LogP contribution in [-0.2, 0) is 19.6 Å². The summed E-state index contributed by atoms with van der Waals surface area (Å²) in [6.45, 7) is 6.43. The van der Waals surface area contributed by atoms with Crippen molar-refractivity contribution in [1.29, 1.82) is 0 Å². The Bertz CT molecular complexity index is 907. The second-order valence-electron chi connectivity index (χ2n) is 7.21. The molecule has 2 aromatic heterocycles. The molecule has 1 saturated heterocycles. The standard InChI is InChI=1S/C22H25N5OS/c28-22(24-14-19-7-4-8-23-13-19)20-17-29-21(25-20)16-27-11-9-26(10-12-27)15-18-5-2-1-3-6-18/h1-8,13,17H,9-12,14-16H2,(H,24,28). The molecule has 1 aromatic carbocycles. The lowest BCUT2D eigenvalue weighted by atomic mass is 10.2. The number of piperazine rings is 1. The minimum atomic E-state index is -0.135. The summed E-state index contributed by atoms with van der Waals surface area (Å²) in [7, 11) is 0. The van der Waals surface area contributed by atoms with E-state index in [4.69, 9.17) is 0 Å². The van der Waals surface area contributed by atoms with Gasteiger partial charge in [-0.2, -0.15) is 0 Å². The normalized spacial score (nSPS) is 15.3. The maximum Gasteiger partial charge on any atom is 0.271 e. The van der Waals surface area contributed by atoms with Gasteiger partial charge in [-0.05, 0) is 17.2 Å². The monoisotopic (exact) mass is 407 g/mol. The molecular formula is C22H25N5OS. The predicted octanol–water partition coefficient (Wildman–Crippen LogP) is 2.79. The zero-order valence-electron chi connectivity index (χ0n) is 16.3. The number of nitrogens with zero attached hydrogens (tertiary/aromatic N) is 4. The number of hydrogen-bond acceptors (Lipinski definition) is 6. The van der Waals surface area contributed by atoms with Crippen LogP contribution in [-0.4, -0.2) is 51.9 Å². The Balaban J connectivity index is 1.23. The lowest BCUT2D eigenvalue weighted by Gasteiger charge is -2.34. The summed E-state index contributed by atoms with van der Waals surface area (Å²) in [5.74, 6) is -0.135. The van der Waals surface area contributed by atoms with Crippen LogP contribution in [0.1, 0.15) is 26.6 Å². The van der Waals surface area contributed by atoms with Gasteiger partial charge in [0.15, 0.2) is 0 Å². The van der Waals surface area contributed by atoms with Gasteiger partial charge in [-0.3, -0.25) is 19.6 Å². The highest BCUT2D eigenvalue weighted by Crippen LogP contribution is 2.15. The molecule has 3 aromatic rings. The van der Waals surface area contributed by atoms with E-state index in [-0.39, 0.29) is 5.91 Å². The van der Waals surface area contributed by atoms with E-state index in [2.05, 4.69) is 55.4 Å². The van der Waals surface area contributed by atoms with Crippen LogP contribution in [0.3, 0.4) is 0 Å². The fourth-order valence-corrected chi connectivity index (χ4v) is 4.22. The summed E-state index contributed by atoms with van der Waals surface area (Å²) < 4.78 is 0. The van der Waals surface area contributed by atoms with Crippen molar-refractivity contribution in [2.24, 2.45) is 0 Å². The van der Waals surface area contributed by atoms with E-state index in [0.29, 0.717) is 12.2 Å². The molecule has 1 fully saturated rings. The first-order chi connectivity index (χ1) is 14.3. The SMILES string of the molecule is O=C(NCc1cccnc1)c1csc(CN2CCN(Cc3ccccc3)CC2)n1. The van der Waals surface area contributed by atoms with Crippen molar-refractivity contribution < 1.29 is 4.79 Å². The first kappa shape index (κ1) is 19.7. The number of rotatable bonds is 7. The molecule has 0 unspecified atom stereocenters.